The molecule has 1 N–H and O–H groups in total. The first-order valence-electron chi connectivity index (χ1n) is 8.96. The topological polar surface area (TPSA) is 44.8 Å². The van der Waals surface area contributed by atoms with E-state index in [0.717, 1.165) is 4.90 Å². The lowest BCUT2D eigenvalue weighted by atomic mass is 10.2. The van der Waals surface area contributed by atoms with Crippen LogP contribution in [0.25, 0.3) is 0 Å². The Kier molecular flexibility index (Phi) is 7.59. The molecule has 0 spiro atoms. The number of piperazine rings is 1. The molecule has 0 atom stereocenters. The number of methoxy groups -OCH3 is 1. The number of carbonyl (C=O) groups is 1. The van der Waals surface area contributed by atoms with Crippen molar-refractivity contribution in [2.45, 2.75) is 0 Å². The molecule has 32 heavy (non-hydrogen) atoms. The Morgan fingerprint density at radius 3 is 2.09 bits per heavy atom. The number of benzene rings is 2. The molecule has 0 aromatic heterocycles. The number of nitrogens with zero attached hydrogens (tertiary/aromatic N) is 2. The molecule has 1 fully saturated rings. The molecular weight excluding hydrogens is 517 g/mol. The van der Waals surface area contributed by atoms with Gasteiger partial charge in [-0.25, -0.2) is 17.6 Å². The van der Waals surface area contributed by atoms with Crippen LogP contribution in [0.15, 0.2) is 12.1 Å². The van der Waals surface area contributed by atoms with Crippen molar-refractivity contribution < 1.29 is 27.1 Å². The Bertz CT molecular complexity index is 1070. The third-order valence-corrected chi connectivity index (χ3v) is 5.94. The van der Waals surface area contributed by atoms with Crippen molar-refractivity contribution in [3.8, 4) is 5.75 Å². The van der Waals surface area contributed by atoms with Crippen molar-refractivity contribution in [1.29, 1.82) is 0 Å². The van der Waals surface area contributed by atoms with E-state index in [1.807, 2.05) is 0 Å². The van der Waals surface area contributed by atoms with Crippen LogP contribution in [0.1, 0.15) is 10.4 Å². The van der Waals surface area contributed by atoms with Crippen LogP contribution in [0.5, 0.6) is 5.75 Å². The van der Waals surface area contributed by atoms with Crippen molar-refractivity contribution >= 4 is 63.7 Å². The van der Waals surface area contributed by atoms with Gasteiger partial charge in [0.25, 0.3) is 5.91 Å². The lowest BCUT2D eigenvalue weighted by Crippen LogP contribution is -2.53. The Labute approximate surface area is 200 Å². The van der Waals surface area contributed by atoms with Crippen LogP contribution in [0.2, 0.25) is 15.1 Å². The minimum atomic E-state index is -1.67. The van der Waals surface area contributed by atoms with E-state index in [9.17, 15) is 22.4 Å². The second kappa shape index (κ2) is 9.86. The summed E-state index contributed by atoms with van der Waals surface area (Å²) >= 11 is 22.5. The zero-order valence-corrected chi connectivity index (χ0v) is 19.3. The number of amides is 1. The van der Waals surface area contributed by atoms with E-state index in [2.05, 4.69) is 5.32 Å². The number of hydrogen-bond donors (Lipinski definition) is 1. The number of halogens is 7. The van der Waals surface area contributed by atoms with Crippen LogP contribution in [0, 0.1) is 23.3 Å². The Morgan fingerprint density at radius 2 is 1.56 bits per heavy atom. The van der Waals surface area contributed by atoms with E-state index in [0.29, 0.717) is 0 Å². The number of anilines is 1. The van der Waals surface area contributed by atoms with Gasteiger partial charge < -0.3 is 14.5 Å². The average Bonchev–Trinajstić information content (AvgIpc) is 2.76. The minimum Gasteiger partial charge on any atom is -0.494 e. The number of thiocarbonyl (C=S) groups is 1. The van der Waals surface area contributed by atoms with Gasteiger partial charge in [0.15, 0.2) is 28.4 Å². The number of hydrogen-bond acceptors (Lipinski definition) is 4. The molecule has 1 aliphatic heterocycles. The summed E-state index contributed by atoms with van der Waals surface area (Å²) in [5.41, 5.74) is -0.792. The smallest absolute Gasteiger partial charge is 0.261 e. The summed E-state index contributed by atoms with van der Waals surface area (Å²) in [5, 5.41) is 1.65. The highest BCUT2D eigenvalue weighted by Gasteiger charge is 2.30. The normalized spacial score (nSPS) is 13.9. The lowest BCUT2D eigenvalue weighted by Gasteiger charge is -2.37. The van der Waals surface area contributed by atoms with Crippen LogP contribution in [0.3, 0.4) is 0 Å². The molecule has 2 aromatic carbocycles. The second-order valence-electron chi connectivity index (χ2n) is 6.62. The predicted octanol–water partition coefficient (Wildman–Crippen LogP) is 5.05. The molecule has 0 unspecified atom stereocenters. The van der Waals surface area contributed by atoms with Gasteiger partial charge in [-0.1, -0.05) is 34.8 Å². The molecule has 2 aromatic rings. The van der Waals surface area contributed by atoms with E-state index in [1.54, 1.807) is 4.90 Å². The fraction of sp³-hybridized carbons (Fsp3) is 0.263. The molecule has 1 amide bonds. The van der Waals surface area contributed by atoms with Gasteiger partial charge in [-0.15, -0.1) is 0 Å². The number of carbonyl (C=O) groups excluding carboxylic acids is 1. The molecule has 13 heteroatoms. The number of rotatable bonds is 3. The highest BCUT2D eigenvalue weighted by molar-refractivity contribution is 7.80. The maximum absolute atomic E-state index is 14.2. The molecule has 172 valence electrons. The predicted molar refractivity (Wildman–Crippen MR) is 118 cm³/mol. The van der Waals surface area contributed by atoms with Gasteiger partial charge >= 0.3 is 0 Å². The van der Waals surface area contributed by atoms with E-state index in [4.69, 9.17) is 51.8 Å². The molecule has 0 bridgehead atoms. The first-order chi connectivity index (χ1) is 15.1. The zero-order valence-electron chi connectivity index (χ0n) is 16.2. The number of ether oxygens (including phenoxy) is 1. The molecule has 1 saturated heterocycles. The highest BCUT2D eigenvalue weighted by Crippen LogP contribution is 2.34. The summed E-state index contributed by atoms with van der Waals surface area (Å²) in [6.07, 6.45) is 0. The van der Waals surface area contributed by atoms with Crippen molar-refractivity contribution in [3.63, 3.8) is 0 Å². The molecule has 1 heterocycles. The average molecular weight is 531 g/mol. The molecule has 5 nitrogen and oxygen atoms in total. The molecule has 1 aliphatic rings. The fourth-order valence-corrected chi connectivity index (χ4v) is 4.20. The van der Waals surface area contributed by atoms with Gasteiger partial charge in [0, 0.05) is 31.2 Å². The van der Waals surface area contributed by atoms with Crippen LogP contribution < -0.4 is 15.0 Å². The van der Waals surface area contributed by atoms with Gasteiger partial charge in [0.2, 0.25) is 0 Å². The molecular formula is C19H14Cl3F4N3O2S. The molecule has 3 rings (SSSR count). The van der Waals surface area contributed by atoms with Gasteiger partial charge in [-0.05, 0) is 24.4 Å². The van der Waals surface area contributed by atoms with Crippen molar-refractivity contribution in [2.75, 3.05) is 38.2 Å². The third-order valence-electron chi connectivity index (χ3n) is 4.75. The standard InChI is InChI=1S/C19H14Cl3F4N3O2S/c1-31-17-9(6-8(20)7-10(17)21)18(30)27-19(32)29-4-2-28(3-5-29)16-14(25)12(23)11(22)13(24)15(16)26/h6-7H,2-5H2,1H3,(H,27,30,32). The van der Waals surface area contributed by atoms with Crippen LogP contribution in [0.4, 0.5) is 23.2 Å². The summed E-state index contributed by atoms with van der Waals surface area (Å²) in [4.78, 5) is 15.3. The minimum absolute atomic E-state index is 0.0298. The molecule has 0 saturated carbocycles. The SMILES string of the molecule is COc1c(Cl)cc(Cl)cc1C(=O)NC(=S)N1CCN(c2c(F)c(F)c(Cl)c(F)c2F)CC1. The largest absolute Gasteiger partial charge is 0.494 e. The summed E-state index contributed by atoms with van der Waals surface area (Å²) in [5.74, 6) is -7.01. The van der Waals surface area contributed by atoms with Gasteiger partial charge in [0.1, 0.15) is 16.5 Å². The summed E-state index contributed by atoms with van der Waals surface area (Å²) in [6, 6.07) is 2.77. The monoisotopic (exact) mass is 529 g/mol. The molecule has 0 aliphatic carbocycles. The highest BCUT2D eigenvalue weighted by atomic mass is 35.5. The van der Waals surface area contributed by atoms with Crippen molar-refractivity contribution in [3.05, 3.63) is 56.0 Å². The first kappa shape index (κ1) is 24.6. The Morgan fingerprint density at radius 1 is 1.00 bits per heavy atom. The maximum atomic E-state index is 14.2. The van der Waals surface area contributed by atoms with Crippen LogP contribution >= 0.6 is 47.0 Å². The second-order valence-corrected chi connectivity index (χ2v) is 8.23. The van der Waals surface area contributed by atoms with E-state index >= 15 is 0 Å². The van der Waals surface area contributed by atoms with Gasteiger partial charge in [0.05, 0.1) is 17.7 Å². The van der Waals surface area contributed by atoms with E-state index < -0.39 is 39.9 Å². The van der Waals surface area contributed by atoms with Crippen molar-refractivity contribution in [2.24, 2.45) is 0 Å². The lowest BCUT2D eigenvalue weighted by molar-refractivity contribution is 0.0970. The van der Waals surface area contributed by atoms with Gasteiger partial charge in [-0.3, -0.25) is 10.1 Å². The van der Waals surface area contributed by atoms with E-state index in [-0.39, 0.29) is 52.6 Å². The fourth-order valence-electron chi connectivity index (χ4n) is 3.18. The van der Waals surface area contributed by atoms with Crippen molar-refractivity contribution in [1.82, 2.24) is 10.2 Å². The van der Waals surface area contributed by atoms with Crippen LogP contribution in [-0.2, 0) is 0 Å². The van der Waals surface area contributed by atoms with Gasteiger partial charge in [-0.2, -0.15) is 0 Å². The quantitative estimate of drug-likeness (QED) is 0.261. The van der Waals surface area contributed by atoms with E-state index in [1.165, 1.54) is 19.2 Å². The Balaban J connectivity index is 1.71. The third kappa shape index (κ3) is 4.68. The maximum Gasteiger partial charge on any atom is 0.261 e. The summed E-state index contributed by atoms with van der Waals surface area (Å²) < 4.78 is 61.1. The zero-order chi connectivity index (χ0) is 23.7. The van der Waals surface area contributed by atoms with Crippen LogP contribution in [-0.4, -0.2) is 49.2 Å². The summed E-state index contributed by atoms with van der Waals surface area (Å²) in [7, 11) is 1.34. The number of nitrogens with one attached hydrogen (secondary N) is 1. The molecule has 0 radical (unpaired) electrons. The first-order valence-corrected chi connectivity index (χ1v) is 10.5. The summed E-state index contributed by atoms with van der Waals surface area (Å²) in [6.45, 7) is 0.155. The Hall–Kier alpha value is -2.01.